The molecule has 0 bridgehead atoms. The Labute approximate surface area is 111 Å². The Hall–Kier alpha value is -0.870. The summed E-state index contributed by atoms with van der Waals surface area (Å²) < 4.78 is 59.4. The molecule has 100 valence electrons. The van der Waals surface area contributed by atoms with Crippen molar-refractivity contribution >= 4 is 41.4 Å². The van der Waals surface area contributed by atoms with Gasteiger partial charge in [-0.05, 0) is 15.9 Å². The van der Waals surface area contributed by atoms with Crippen molar-refractivity contribution in [3.8, 4) is 0 Å². The Morgan fingerprint density at radius 1 is 1.33 bits per heavy atom. The van der Waals surface area contributed by atoms with Crippen LogP contribution < -0.4 is 0 Å². The van der Waals surface area contributed by atoms with Gasteiger partial charge in [-0.2, -0.15) is 13.2 Å². The van der Waals surface area contributed by atoms with E-state index in [4.69, 9.17) is 10.7 Å². The molecule has 0 aromatic heterocycles. The van der Waals surface area contributed by atoms with Crippen LogP contribution in [-0.2, 0) is 15.2 Å². The molecule has 18 heavy (non-hydrogen) atoms. The summed E-state index contributed by atoms with van der Waals surface area (Å²) >= 11 is 2.53. The smallest absolute Gasteiger partial charge is 0.258 e. The van der Waals surface area contributed by atoms with Crippen LogP contribution in [0.4, 0.5) is 18.9 Å². The Bertz CT molecular complexity index is 616. The molecular formula is C7H2BrClF3NO4S. The molecule has 0 radical (unpaired) electrons. The van der Waals surface area contributed by atoms with E-state index >= 15 is 0 Å². The van der Waals surface area contributed by atoms with E-state index in [1.165, 1.54) is 0 Å². The molecule has 1 aromatic carbocycles. The third kappa shape index (κ3) is 3.12. The molecule has 1 aromatic rings. The van der Waals surface area contributed by atoms with Crippen molar-refractivity contribution in [1.82, 2.24) is 0 Å². The van der Waals surface area contributed by atoms with Gasteiger partial charge in [0.05, 0.1) is 10.5 Å². The normalized spacial score (nSPS) is 12.5. The van der Waals surface area contributed by atoms with Crippen molar-refractivity contribution < 1.29 is 26.5 Å². The molecule has 1 rings (SSSR count). The minimum Gasteiger partial charge on any atom is -0.258 e. The molecule has 0 saturated heterocycles. The first-order chi connectivity index (χ1) is 7.94. The summed E-state index contributed by atoms with van der Waals surface area (Å²) in [5.41, 5.74) is -2.60. The number of nitro groups is 1. The monoisotopic (exact) mass is 367 g/mol. The van der Waals surface area contributed by atoms with Crippen molar-refractivity contribution in [3.63, 3.8) is 0 Å². The Morgan fingerprint density at radius 2 is 1.83 bits per heavy atom. The molecule has 0 aliphatic heterocycles. The van der Waals surface area contributed by atoms with Crippen LogP contribution in [0.2, 0.25) is 0 Å². The number of benzene rings is 1. The van der Waals surface area contributed by atoms with Crippen molar-refractivity contribution in [2.24, 2.45) is 0 Å². The van der Waals surface area contributed by atoms with Crippen molar-refractivity contribution in [2.45, 2.75) is 11.1 Å². The third-order valence-electron chi connectivity index (χ3n) is 1.79. The summed E-state index contributed by atoms with van der Waals surface area (Å²) in [6, 6.07) is 0.741. The van der Waals surface area contributed by atoms with Gasteiger partial charge in [0.2, 0.25) is 0 Å². The van der Waals surface area contributed by atoms with Gasteiger partial charge in [-0.3, -0.25) is 10.1 Å². The average Bonchev–Trinajstić information content (AvgIpc) is 2.12. The quantitative estimate of drug-likeness (QED) is 0.456. The van der Waals surface area contributed by atoms with E-state index in [1.54, 1.807) is 0 Å². The summed E-state index contributed by atoms with van der Waals surface area (Å²) in [4.78, 5) is 8.10. The highest BCUT2D eigenvalue weighted by molar-refractivity contribution is 9.10. The molecule has 0 atom stereocenters. The Kier molecular flexibility index (Phi) is 3.94. The second kappa shape index (κ2) is 4.67. The van der Waals surface area contributed by atoms with Gasteiger partial charge in [0, 0.05) is 27.3 Å². The molecule has 5 nitrogen and oxygen atoms in total. The van der Waals surface area contributed by atoms with E-state index in [1.807, 2.05) is 0 Å². The van der Waals surface area contributed by atoms with Crippen LogP contribution in [0.25, 0.3) is 0 Å². The molecule has 0 heterocycles. The van der Waals surface area contributed by atoms with Gasteiger partial charge in [-0.25, -0.2) is 8.42 Å². The number of rotatable bonds is 2. The topological polar surface area (TPSA) is 77.3 Å². The second-order valence-electron chi connectivity index (χ2n) is 3.00. The molecule has 0 fully saturated rings. The number of nitrogens with zero attached hydrogens (tertiary/aromatic N) is 1. The van der Waals surface area contributed by atoms with Crippen molar-refractivity contribution in [1.29, 1.82) is 0 Å². The summed E-state index contributed by atoms with van der Waals surface area (Å²) in [7, 11) is 0.172. The lowest BCUT2D eigenvalue weighted by Gasteiger charge is -2.11. The molecule has 0 spiro atoms. The SMILES string of the molecule is O=[N+]([O-])c1cc(Br)c(S(=O)(=O)Cl)c(C(F)(F)F)c1. The van der Waals surface area contributed by atoms with Gasteiger partial charge in [-0.15, -0.1) is 0 Å². The van der Waals surface area contributed by atoms with Gasteiger partial charge >= 0.3 is 6.18 Å². The zero-order chi connectivity index (χ0) is 14.3. The number of non-ortho nitro benzene ring substituents is 1. The van der Waals surface area contributed by atoms with Crippen LogP contribution >= 0.6 is 26.6 Å². The summed E-state index contributed by atoms with van der Waals surface area (Å²) in [5.74, 6) is 0. The zero-order valence-corrected chi connectivity index (χ0v) is 11.2. The summed E-state index contributed by atoms with van der Waals surface area (Å²) in [6.45, 7) is 0. The van der Waals surface area contributed by atoms with Crippen LogP contribution in [0.5, 0.6) is 0 Å². The van der Waals surface area contributed by atoms with Crippen molar-refractivity contribution in [2.75, 3.05) is 0 Å². The minimum atomic E-state index is -5.09. The molecule has 0 unspecified atom stereocenters. The number of nitro benzene ring substituents is 1. The molecule has 0 aliphatic rings. The lowest BCUT2D eigenvalue weighted by molar-refractivity contribution is -0.385. The number of halogens is 5. The molecule has 0 aliphatic carbocycles. The van der Waals surface area contributed by atoms with Gasteiger partial charge < -0.3 is 0 Å². The number of alkyl halides is 3. The maximum absolute atomic E-state index is 12.6. The second-order valence-corrected chi connectivity index (χ2v) is 6.35. The fourth-order valence-corrected chi connectivity index (χ4v) is 3.74. The summed E-state index contributed by atoms with van der Waals surface area (Å²) in [6.07, 6.45) is -5.09. The molecule has 0 amide bonds. The fraction of sp³-hybridized carbons (Fsp3) is 0.143. The van der Waals surface area contributed by atoms with Crippen molar-refractivity contribution in [3.05, 3.63) is 32.3 Å². The highest BCUT2D eigenvalue weighted by atomic mass is 79.9. The highest BCUT2D eigenvalue weighted by Gasteiger charge is 2.40. The molecule has 0 N–H and O–H groups in total. The lowest BCUT2D eigenvalue weighted by Crippen LogP contribution is -2.12. The number of hydrogen-bond donors (Lipinski definition) is 0. The van der Waals surface area contributed by atoms with Gasteiger partial charge in [-0.1, -0.05) is 0 Å². The van der Waals surface area contributed by atoms with Crippen LogP contribution in [0.1, 0.15) is 5.56 Å². The Balaban J connectivity index is 3.78. The van der Waals surface area contributed by atoms with E-state index in [0.717, 1.165) is 0 Å². The van der Waals surface area contributed by atoms with Crippen LogP contribution in [0, 0.1) is 10.1 Å². The van der Waals surface area contributed by atoms with E-state index in [9.17, 15) is 31.7 Å². The predicted octanol–water partition coefficient (Wildman–Crippen LogP) is 3.30. The lowest BCUT2D eigenvalue weighted by atomic mass is 10.2. The molecule has 0 saturated carbocycles. The van der Waals surface area contributed by atoms with E-state index < -0.39 is 40.8 Å². The standard InChI is InChI=1S/C7H2BrClF3NO4S/c8-5-2-3(13(14)15)1-4(7(10,11)12)6(5)18(9,16)17/h1-2H. The zero-order valence-electron chi connectivity index (χ0n) is 8.03. The first-order valence-corrected chi connectivity index (χ1v) is 7.04. The van der Waals surface area contributed by atoms with Crippen LogP contribution in [0.3, 0.4) is 0 Å². The van der Waals surface area contributed by atoms with Crippen LogP contribution in [0.15, 0.2) is 21.5 Å². The van der Waals surface area contributed by atoms with Gasteiger partial charge in [0.15, 0.2) is 0 Å². The first kappa shape index (κ1) is 15.2. The fourth-order valence-electron chi connectivity index (χ4n) is 1.14. The van der Waals surface area contributed by atoms with E-state index in [-0.39, 0.29) is 6.07 Å². The number of hydrogen-bond acceptors (Lipinski definition) is 4. The summed E-state index contributed by atoms with van der Waals surface area (Å²) in [5, 5.41) is 10.4. The van der Waals surface area contributed by atoms with Gasteiger partial charge in [0.25, 0.3) is 14.7 Å². The third-order valence-corrected chi connectivity index (χ3v) is 4.07. The molecular weight excluding hydrogens is 366 g/mol. The average molecular weight is 369 g/mol. The highest BCUT2D eigenvalue weighted by Crippen LogP contribution is 2.41. The van der Waals surface area contributed by atoms with Gasteiger partial charge in [0.1, 0.15) is 4.90 Å². The van der Waals surface area contributed by atoms with E-state index in [0.29, 0.717) is 6.07 Å². The van der Waals surface area contributed by atoms with Crippen LogP contribution in [-0.4, -0.2) is 13.3 Å². The minimum absolute atomic E-state index is 0.111. The van der Waals surface area contributed by atoms with E-state index in [2.05, 4.69) is 15.9 Å². The maximum Gasteiger partial charge on any atom is 0.418 e. The first-order valence-electron chi connectivity index (χ1n) is 3.94. The largest absolute Gasteiger partial charge is 0.418 e. The maximum atomic E-state index is 12.6. The Morgan fingerprint density at radius 3 is 2.17 bits per heavy atom. The predicted molar refractivity (Wildman–Crippen MR) is 58.8 cm³/mol. The molecule has 11 heteroatoms.